The molecule has 22 heavy (non-hydrogen) atoms. The fourth-order valence-electron chi connectivity index (χ4n) is 1.86. The van der Waals surface area contributed by atoms with Gasteiger partial charge >= 0.3 is 0 Å². The molecule has 0 amide bonds. The zero-order valence-electron chi connectivity index (χ0n) is 12.0. The smallest absolute Gasteiger partial charge is 0.274 e. The highest BCUT2D eigenvalue weighted by molar-refractivity contribution is 7.92. The molecule has 0 saturated carbocycles. The van der Waals surface area contributed by atoms with Crippen molar-refractivity contribution in [1.82, 2.24) is 0 Å². The van der Waals surface area contributed by atoms with Gasteiger partial charge in [0.15, 0.2) is 0 Å². The molecule has 2 rings (SSSR count). The summed E-state index contributed by atoms with van der Waals surface area (Å²) in [6, 6.07) is 11.9. The van der Waals surface area contributed by atoms with Gasteiger partial charge in [-0.25, -0.2) is 8.42 Å². The van der Waals surface area contributed by atoms with Gasteiger partial charge in [0, 0.05) is 19.2 Å². The van der Waals surface area contributed by atoms with Gasteiger partial charge in [-0.1, -0.05) is 18.2 Å². The molecule has 116 valence electrons. The van der Waals surface area contributed by atoms with Crippen LogP contribution in [0, 0.1) is 10.1 Å². The van der Waals surface area contributed by atoms with Gasteiger partial charge in [-0.05, 0) is 12.1 Å². The number of ether oxygens (including phenoxy) is 1. The monoisotopic (exact) mass is 322 g/mol. The average molecular weight is 322 g/mol. The number of para-hydroxylation sites is 1. The normalized spacial score (nSPS) is 11.0. The Balaban J connectivity index is 2.54. The Kier molecular flexibility index (Phi) is 4.32. The maximum atomic E-state index is 12.6. The molecule has 0 aliphatic rings. The van der Waals surface area contributed by atoms with Crippen molar-refractivity contribution in [2.45, 2.75) is 4.90 Å². The van der Waals surface area contributed by atoms with E-state index in [4.69, 9.17) is 4.74 Å². The molecule has 0 saturated heterocycles. The summed E-state index contributed by atoms with van der Waals surface area (Å²) in [6.07, 6.45) is 0. The Bertz CT molecular complexity index is 790. The predicted octanol–water partition coefficient (Wildman–Crippen LogP) is 2.43. The number of benzene rings is 2. The van der Waals surface area contributed by atoms with Crippen LogP contribution in [0.5, 0.6) is 5.75 Å². The third kappa shape index (κ3) is 3.01. The summed E-state index contributed by atoms with van der Waals surface area (Å²) in [4.78, 5) is 10.1. The number of nitro groups is 1. The first-order chi connectivity index (χ1) is 10.4. The summed E-state index contributed by atoms with van der Waals surface area (Å²) in [5, 5.41) is 10.9. The lowest BCUT2D eigenvalue weighted by Crippen LogP contribution is -2.26. The first-order valence-electron chi connectivity index (χ1n) is 6.23. The maximum absolute atomic E-state index is 12.6. The van der Waals surface area contributed by atoms with E-state index in [0.29, 0.717) is 5.69 Å². The zero-order chi connectivity index (χ0) is 16.3. The minimum atomic E-state index is -3.93. The second-order valence-corrected chi connectivity index (χ2v) is 6.40. The summed E-state index contributed by atoms with van der Waals surface area (Å²) in [6.45, 7) is 0. The van der Waals surface area contributed by atoms with E-state index < -0.39 is 14.9 Å². The molecule has 0 aliphatic heterocycles. The standard InChI is InChI=1S/C14H14N2O5S/c1-15(11-6-4-3-5-7-11)22(19,20)14-9-12(16(17)18)8-13(10-14)21-2/h3-10H,1-2H3. The predicted molar refractivity (Wildman–Crippen MR) is 81.7 cm³/mol. The van der Waals surface area contributed by atoms with Gasteiger partial charge in [-0.3, -0.25) is 14.4 Å². The lowest BCUT2D eigenvalue weighted by Gasteiger charge is -2.19. The fourth-order valence-corrected chi connectivity index (χ4v) is 3.11. The molecule has 0 radical (unpaired) electrons. The second-order valence-electron chi connectivity index (χ2n) is 4.43. The Labute approximate surface area is 128 Å². The molecular formula is C14H14N2O5S. The minimum absolute atomic E-state index is 0.106. The van der Waals surface area contributed by atoms with Crippen LogP contribution in [0.4, 0.5) is 11.4 Å². The minimum Gasteiger partial charge on any atom is -0.496 e. The summed E-state index contributed by atoms with van der Waals surface area (Å²) in [5.41, 5.74) is 0.104. The molecule has 0 atom stereocenters. The first-order valence-corrected chi connectivity index (χ1v) is 7.67. The van der Waals surface area contributed by atoms with Crippen molar-refractivity contribution in [2.75, 3.05) is 18.5 Å². The van der Waals surface area contributed by atoms with Crippen molar-refractivity contribution in [3.63, 3.8) is 0 Å². The van der Waals surface area contributed by atoms with Gasteiger partial charge in [-0.15, -0.1) is 0 Å². The number of nitrogens with zero attached hydrogens (tertiary/aromatic N) is 2. The third-order valence-electron chi connectivity index (χ3n) is 3.09. The molecule has 0 aromatic heterocycles. The zero-order valence-corrected chi connectivity index (χ0v) is 12.8. The van der Waals surface area contributed by atoms with Crippen molar-refractivity contribution in [2.24, 2.45) is 0 Å². The lowest BCUT2D eigenvalue weighted by atomic mass is 10.3. The number of rotatable bonds is 5. The van der Waals surface area contributed by atoms with Crippen molar-refractivity contribution in [1.29, 1.82) is 0 Å². The summed E-state index contributed by atoms with van der Waals surface area (Å²) in [7, 11) is -1.23. The van der Waals surface area contributed by atoms with Crippen LogP contribution in [-0.4, -0.2) is 27.5 Å². The van der Waals surface area contributed by atoms with Crippen LogP contribution in [-0.2, 0) is 10.0 Å². The highest BCUT2D eigenvalue weighted by Crippen LogP contribution is 2.29. The number of non-ortho nitro benzene ring substituents is 1. The van der Waals surface area contributed by atoms with Crippen LogP contribution >= 0.6 is 0 Å². The maximum Gasteiger partial charge on any atom is 0.274 e. The van der Waals surface area contributed by atoms with Crippen LogP contribution in [0.2, 0.25) is 0 Å². The Morgan fingerprint density at radius 2 is 1.77 bits per heavy atom. The molecule has 0 aliphatic carbocycles. The fraction of sp³-hybridized carbons (Fsp3) is 0.143. The van der Waals surface area contributed by atoms with Crippen molar-refractivity contribution in [3.8, 4) is 5.75 Å². The van der Waals surface area contributed by atoms with Gasteiger partial charge in [-0.2, -0.15) is 0 Å². The van der Waals surface area contributed by atoms with E-state index in [-0.39, 0.29) is 16.3 Å². The van der Waals surface area contributed by atoms with Crippen LogP contribution in [0.3, 0.4) is 0 Å². The Morgan fingerprint density at radius 3 is 2.32 bits per heavy atom. The van der Waals surface area contributed by atoms with E-state index in [2.05, 4.69) is 0 Å². The molecule has 0 heterocycles. The van der Waals surface area contributed by atoms with Crippen molar-refractivity contribution >= 4 is 21.4 Å². The molecule has 8 heteroatoms. The molecule has 7 nitrogen and oxygen atoms in total. The molecule has 0 bridgehead atoms. The van der Waals surface area contributed by atoms with Crippen LogP contribution < -0.4 is 9.04 Å². The summed E-state index contributed by atoms with van der Waals surface area (Å²) < 4.78 is 31.2. The van der Waals surface area contributed by atoms with Gasteiger partial charge in [0.1, 0.15) is 5.75 Å². The SMILES string of the molecule is COc1cc([N+](=O)[O-])cc(S(=O)(=O)N(C)c2ccccc2)c1. The molecule has 0 unspecified atom stereocenters. The molecular weight excluding hydrogens is 308 g/mol. The molecule has 2 aromatic carbocycles. The molecule has 0 fully saturated rings. The number of nitro benzene ring substituents is 1. The van der Waals surface area contributed by atoms with Gasteiger partial charge in [0.2, 0.25) is 0 Å². The number of methoxy groups -OCH3 is 1. The highest BCUT2D eigenvalue weighted by atomic mass is 32.2. The van der Waals surface area contributed by atoms with Gasteiger partial charge < -0.3 is 4.74 Å². The van der Waals surface area contributed by atoms with E-state index in [1.54, 1.807) is 30.3 Å². The van der Waals surface area contributed by atoms with E-state index in [9.17, 15) is 18.5 Å². The largest absolute Gasteiger partial charge is 0.496 e. The van der Waals surface area contributed by atoms with Gasteiger partial charge in [0.25, 0.3) is 15.7 Å². The quantitative estimate of drug-likeness (QED) is 0.623. The number of hydrogen-bond donors (Lipinski definition) is 0. The lowest BCUT2D eigenvalue weighted by molar-refractivity contribution is -0.385. The first kappa shape index (κ1) is 15.8. The van der Waals surface area contributed by atoms with Crippen LogP contribution in [0.25, 0.3) is 0 Å². The van der Waals surface area contributed by atoms with E-state index >= 15 is 0 Å². The number of hydrogen-bond acceptors (Lipinski definition) is 5. The number of sulfonamides is 1. The van der Waals surface area contributed by atoms with Crippen LogP contribution in [0.1, 0.15) is 0 Å². The highest BCUT2D eigenvalue weighted by Gasteiger charge is 2.24. The van der Waals surface area contributed by atoms with Gasteiger partial charge in [0.05, 0.1) is 28.7 Å². The summed E-state index contributed by atoms with van der Waals surface area (Å²) in [5.74, 6) is 0.106. The molecule has 2 aromatic rings. The van der Waals surface area contributed by atoms with Crippen LogP contribution in [0.15, 0.2) is 53.4 Å². The van der Waals surface area contributed by atoms with E-state index in [1.807, 2.05) is 0 Å². The topological polar surface area (TPSA) is 89.7 Å². The Morgan fingerprint density at radius 1 is 1.14 bits per heavy atom. The second kappa shape index (κ2) is 6.02. The van der Waals surface area contributed by atoms with E-state index in [1.165, 1.54) is 26.3 Å². The van der Waals surface area contributed by atoms with E-state index in [0.717, 1.165) is 10.4 Å². The molecule has 0 N–H and O–H groups in total. The average Bonchev–Trinajstić information content (AvgIpc) is 2.54. The van der Waals surface area contributed by atoms with Crippen molar-refractivity contribution in [3.05, 3.63) is 58.6 Å². The molecule has 0 spiro atoms. The third-order valence-corrected chi connectivity index (χ3v) is 4.85. The summed E-state index contributed by atoms with van der Waals surface area (Å²) >= 11 is 0. The number of anilines is 1. The van der Waals surface area contributed by atoms with Crippen molar-refractivity contribution < 1.29 is 18.1 Å². The Hall–Kier alpha value is -2.61.